The Kier molecular flexibility index (Phi) is 9.00. The van der Waals surface area contributed by atoms with Gasteiger partial charge in [-0.2, -0.15) is 10.2 Å². The minimum Gasteiger partial charge on any atom is -0.492 e. The SMILES string of the molecule is CCCCc1nc(O)c(S(=O)(=O)c2ccc(-c3ccc(C(C)(C)O)cc3)cc2)c(=O)n1[C@@H](CC)c1cccc(C#N)c1. The summed E-state index contributed by atoms with van der Waals surface area (Å²) < 4.78 is 29.0. The van der Waals surface area contributed by atoms with Gasteiger partial charge in [-0.3, -0.25) is 9.36 Å². The number of rotatable bonds is 10. The Hall–Kier alpha value is -4.26. The molecule has 0 spiro atoms. The predicted octanol–water partition coefficient (Wildman–Crippen LogP) is 5.89. The number of unbranched alkanes of at least 4 members (excludes halogenated alkanes) is 1. The summed E-state index contributed by atoms with van der Waals surface area (Å²) in [6, 6.07) is 21.7. The molecule has 218 valence electrons. The Morgan fingerprint density at radius 2 is 1.62 bits per heavy atom. The summed E-state index contributed by atoms with van der Waals surface area (Å²) in [6.45, 7) is 7.25. The Morgan fingerprint density at radius 1 is 1.00 bits per heavy atom. The first-order valence-electron chi connectivity index (χ1n) is 13.9. The number of aryl methyl sites for hydroxylation is 1. The topological polar surface area (TPSA) is 133 Å². The second-order valence-electron chi connectivity index (χ2n) is 10.8. The standard InChI is InChI=1S/C33H35N3O5S/c1-5-7-11-29-35-31(37)30(32(38)36(29)28(6-2)25-10-8-9-22(20-25)21-34)42(40,41)27-18-14-24(15-19-27)23-12-16-26(17-13-23)33(3,4)39/h8-10,12-20,28,37,39H,5-7,11H2,1-4H3/t28-/m0/s1. The highest BCUT2D eigenvalue weighted by Crippen LogP contribution is 2.31. The minimum atomic E-state index is -4.45. The number of sulfone groups is 1. The van der Waals surface area contributed by atoms with Gasteiger partial charge in [0.1, 0.15) is 5.82 Å². The Morgan fingerprint density at radius 3 is 2.17 bits per heavy atom. The van der Waals surface area contributed by atoms with Crippen LogP contribution in [0.1, 0.15) is 75.5 Å². The average Bonchev–Trinajstić information content (AvgIpc) is 2.97. The molecule has 1 heterocycles. The van der Waals surface area contributed by atoms with Crippen molar-refractivity contribution in [3.8, 4) is 23.1 Å². The van der Waals surface area contributed by atoms with E-state index in [0.717, 1.165) is 23.1 Å². The van der Waals surface area contributed by atoms with E-state index in [4.69, 9.17) is 0 Å². The average molecular weight is 586 g/mol. The molecule has 4 aromatic rings. The van der Waals surface area contributed by atoms with Crippen molar-refractivity contribution in [2.45, 2.75) is 74.8 Å². The van der Waals surface area contributed by atoms with Crippen molar-refractivity contribution >= 4 is 9.84 Å². The van der Waals surface area contributed by atoms with Crippen molar-refractivity contribution in [3.63, 3.8) is 0 Å². The number of nitrogens with zero attached hydrogens (tertiary/aromatic N) is 3. The van der Waals surface area contributed by atoms with Crippen LogP contribution in [-0.4, -0.2) is 28.2 Å². The number of aromatic hydroxyl groups is 1. The van der Waals surface area contributed by atoms with Gasteiger partial charge >= 0.3 is 0 Å². The van der Waals surface area contributed by atoms with Gasteiger partial charge in [0.05, 0.1) is 28.2 Å². The molecule has 0 saturated carbocycles. The number of aliphatic hydroxyl groups is 1. The first-order valence-corrected chi connectivity index (χ1v) is 15.4. The van der Waals surface area contributed by atoms with Crippen LogP contribution in [-0.2, 0) is 21.9 Å². The molecule has 4 rings (SSSR count). The van der Waals surface area contributed by atoms with Crippen LogP contribution in [0.15, 0.2) is 87.4 Å². The number of benzene rings is 3. The van der Waals surface area contributed by atoms with Crippen molar-refractivity contribution in [2.75, 3.05) is 0 Å². The van der Waals surface area contributed by atoms with Crippen LogP contribution in [0.25, 0.3) is 11.1 Å². The van der Waals surface area contributed by atoms with Crippen LogP contribution in [0.3, 0.4) is 0 Å². The second kappa shape index (κ2) is 12.3. The maximum absolute atomic E-state index is 14.0. The smallest absolute Gasteiger partial charge is 0.277 e. The first-order chi connectivity index (χ1) is 19.9. The summed E-state index contributed by atoms with van der Waals surface area (Å²) in [4.78, 5) is 17.3. The third-order valence-corrected chi connectivity index (χ3v) is 9.13. The van der Waals surface area contributed by atoms with Crippen molar-refractivity contribution in [1.29, 1.82) is 5.26 Å². The minimum absolute atomic E-state index is 0.152. The lowest BCUT2D eigenvalue weighted by molar-refractivity contribution is 0.0786. The summed E-state index contributed by atoms with van der Waals surface area (Å²) in [7, 11) is -4.45. The van der Waals surface area contributed by atoms with E-state index in [2.05, 4.69) is 11.1 Å². The Balaban J connectivity index is 1.81. The van der Waals surface area contributed by atoms with E-state index in [1.807, 2.05) is 38.1 Å². The van der Waals surface area contributed by atoms with Crippen molar-refractivity contribution in [3.05, 3.63) is 106 Å². The molecule has 0 saturated heterocycles. The van der Waals surface area contributed by atoms with Crippen molar-refractivity contribution < 1.29 is 18.6 Å². The number of hydrogen-bond donors (Lipinski definition) is 2. The fraction of sp³-hybridized carbons (Fsp3) is 0.303. The zero-order valence-electron chi connectivity index (χ0n) is 24.2. The van der Waals surface area contributed by atoms with Crippen molar-refractivity contribution in [2.24, 2.45) is 0 Å². The first kappa shape index (κ1) is 30.7. The lowest BCUT2D eigenvalue weighted by atomic mass is 9.95. The largest absolute Gasteiger partial charge is 0.492 e. The van der Waals surface area contributed by atoms with Gasteiger partial charge in [-0.15, -0.1) is 0 Å². The van der Waals surface area contributed by atoms with E-state index in [-0.39, 0.29) is 10.7 Å². The fourth-order valence-electron chi connectivity index (χ4n) is 5.01. The van der Waals surface area contributed by atoms with Gasteiger partial charge in [0.25, 0.3) is 5.56 Å². The summed E-state index contributed by atoms with van der Waals surface area (Å²) >= 11 is 0. The summed E-state index contributed by atoms with van der Waals surface area (Å²) in [5.74, 6) is -0.536. The quantitative estimate of drug-likeness (QED) is 0.237. The maximum atomic E-state index is 14.0. The van der Waals surface area contributed by atoms with E-state index < -0.39 is 37.8 Å². The molecular formula is C33H35N3O5S. The normalized spacial score (nSPS) is 12.6. The summed E-state index contributed by atoms with van der Waals surface area (Å²) in [5.41, 5.74) is 1.57. The molecule has 0 unspecified atom stereocenters. The third-order valence-electron chi connectivity index (χ3n) is 7.34. The van der Waals surface area contributed by atoms with Gasteiger partial charge < -0.3 is 10.2 Å². The van der Waals surface area contributed by atoms with Crippen LogP contribution in [0.2, 0.25) is 0 Å². The summed E-state index contributed by atoms with van der Waals surface area (Å²) in [6.07, 6.45) is 2.30. The molecule has 42 heavy (non-hydrogen) atoms. The third kappa shape index (κ3) is 6.15. The lowest BCUT2D eigenvalue weighted by Crippen LogP contribution is -2.33. The lowest BCUT2D eigenvalue weighted by Gasteiger charge is -2.23. The van der Waals surface area contributed by atoms with E-state index in [1.165, 1.54) is 16.7 Å². The van der Waals surface area contributed by atoms with E-state index >= 15 is 0 Å². The number of aromatic nitrogens is 2. The molecule has 0 aliphatic heterocycles. The van der Waals surface area contributed by atoms with Gasteiger partial charge in [0, 0.05) is 6.42 Å². The molecule has 0 radical (unpaired) electrons. The van der Waals surface area contributed by atoms with Gasteiger partial charge in [-0.1, -0.05) is 68.8 Å². The highest BCUT2D eigenvalue weighted by Gasteiger charge is 2.31. The highest BCUT2D eigenvalue weighted by atomic mass is 32.2. The molecular weight excluding hydrogens is 550 g/mol. The van der Waals surface area contributed by atoms with Crippen LogP contribution in [0.5, 0.6) is 5.88 Å². The molecule has 0 aliphatic carbocycles. The fourth-order valence-corrected chi connectivity index (χ4v) is 6.36. The zero-order chi connectivity index (χ0) is 30.7. The molecule has 8 nitrogen and oxygen atoms in total. The van der Waals surface area contributed by atoms with Crippen LogP contribution < -0.4 is 5.56 Å². The van der Waals surface area contributed by atoms with Crippen LogP contribution in [0, 0.1) is 11.3 Å². The number of hydrogen-bond acceptors (Lipinski definition) is 7. The highest BCUT2D eigenvalue weighted by molar-refractivity contribution is 7.91. The van der Waals surface area contributed by atoms with Gasteiger partial charge in [-0.05, 0) is 73.2 Å². The number of nitriles is 1. The Labute approximate surface area is 246 Å². The molecule has 0 fully saturated rings. The molecule has 0 bridgehead atoms. The second-order valence-corrected chi connectivity index (χ2v) is 12.7. The van der Waals surface area contributed by atoms with Crippen LogP contribution >= 0.6 is 0 Å². The van der Waals surface area contributed by atoms with Crippen molar-refractivity contribution in [1.82, 2.24) is 9.55 Å². The van der Waals surface area contributed by atoms with E-state index in [0.29, 0.717) is 30.4 Å². The Bertz CT molecular complexity index is 1780. The molecule has 2 N–H and O–H groups in total. The van der Waals surface area contributed by atoms with E-state index in [1.54, 1.807) is 50.2 Å². The molecule has 9 heteroatoms. The predicted molar refractivity (Wildman–Crippen MR) is 161 cm³/mol. The molecule has 3 aromatic carbocycles. The van der Waals surface area contributed by atoms with Crippen LogP contribution in [0.4, 0.5) is 0 Å². The van der Waals surface area contributed by atoms with Gasteiger partial charge in [0.2, 0.25) is 15.7 Å². The van der Waals surface area contributed by atoms with Gasteiger partial charge in [0.15, 0.2) is 4.90 Å². The van der Waals surface area contributed by atoms with Gasteiger partial charge in [-0.25, -0.2) is 8.42 Å². The molecule has 1 atom stereocenters. The molecule has 1 aromatic heterocycles. The monoisotopic (exact) mass is 585 g/mol. The summed E-state index contributed by atoms with van der Waals surface area (Å²) in [5, 5.41) is 30.5. The zero-order valence-corrected chi connectivity index (χ0v) is 25.0. The molecule has 0 aliphatic rings. The van der Waals surface area contributed by atoms with E-state index in [9.17, 15) is 28.7 Å². The molecule has 0 amide bonds. The maximum Gasteiger partial charge on any atom is 0.277 e.